The molecule has 0 saturated carbocycles. The van der Waals surface area contributed by atoms with Gasteiger partial charge in [-0.3, -0.25) is 19.0 Å². The highest BCUT2D eigenvalue weighted by molar-refractivity contribution is 6.11. The number of carbonyl (C=O) groups is 2. The summed E-state index contributed by atoms with van der Waals surface area (Å²) in [5.41, 5.74) is 0.288. The van der Waals surface area contributed by atoms with Gasteiger partial charge in [-0.1, -0.05) is 6.07 Å². The van der Waals surface area contributed by atoms with E-state index in [1.807, 2.05) is 0 Å². The molecule has 1 aromatic heterocycles. The largest absolute Gasteiger partial charge is 0.395 e. The van der Waals surface area contributed by atoms with Crippen LogP contribution in [0.15, 0.2) is 47.4 Å². The Hall–Kier alpha value is -2.80. The zero-order chi connectivity index (χ0) is 17.7. The number of halogens is 1. The molecule has 0 saturated heterocycles. The number of ketones is 1. The number of aromatic nitrogens is 1. The molecule has 1 aromatic carbocycles. The van der Waals surface area contributed by atoms with E-state index in [1.54, 1.807) is 13.0 Å². The van der Waals surface area contributed by atoms with Gasteiger partial charge in [0.2, 0.25) is 0 Å². The molecule has 0 aliphatic carbocycles. The van der Waals surface area contributed by atoms with E-state index in [0.29, 0.717) is 5.56 Å². The fourth-order valence-electron chi connectivity index (χ4n) is 2.24. The van der Waals surface area contributed by atoms with Crippen LogP contribution in [0.4, 0.5) is 4.39 Å². The number of benzene rings is 1. The monoisotopic (exact) mass is 332 g/mol. The molecule has 6 nitrogen and oxygen atoms in total. The number of hydrogen-bond acceptors (Lipinski definition) is 4. The maximum absolute atomic E-state index is 13.0. The first-order valence-electron chi connectivity index (χ1n) is 7.31. The molecule has 0 aliphatic heterocycles. The summed E-state index contributed by atoms with van der Waals surface area (Å²) >= 11 is 0. The molecule has 0 bridgehead atoms. The maximum atomic E-state index is 13.0. The molecule has 1 heterocycles. The summed E-state index contributed by atoms with van der Waals surface area (Å²) in [6.07, 6.45) is 1.41. The van der Waals surface area contributed by atoms with Crippen LogP contribution in [-0.4, -0.2) is 34.5 Å². The molecular weight excluding hydrogens is 315 g/mol. The van der Waals surface area contributed by atoms with E-state index in [2.05, 4.69) is 5.32 Å². The van der Waals surface area contributed by atoms with Crippen LogP contribution in [0.3, 0.4) is 0 Å². The molecule has 1 amide bonds. The van der Waals surface area contributed by atoms with Crippen molar-refractivity contribution in [2.24, 2.45) is 0 Å². The highest BCUT2D eigenvalue weighted by Crippen LogP contribution is 2.15. The van der Waals surface area contributed by atoms with Crippen molar-refractivity contribution in [2.75, 3.05) is 13.2 Å². The zero-order valence-corrected chi connectivity index (χ0v) is 13.0. The predicted octanol–water partition coefficient (Wildman–Crippen LogP) is 0.828. The standard InChI is InChI=1S/C17H17FN2O4/c1-11-2-7-14(22)20(10-11)15(17(24)19-8-9-21)16(23)12-3-5-13(18)6-4-12/h2-7,10,15,21H,8-9H2,1H3,(H,19,24). The lowest BCUT2D eigenvalue weighted by Crippen LogP contribution is -2.42. The average Bonchev–Trinajstić information content (AvgIpc) is 2.56. The van der Waals surface area contributed by atoms with Crippen LogP contribution in [-0.2, 0) is 4.79 Å². The number of nitrogens with zero attached hydrogens (tertiary/aromatic N) is 1. The Morgan fingerprint density at radius 2 is 1.88 bits per heavy atom. The fourth-order valence-corrected chi connectivity index (χ4v) is 2.24. The molecule has 0 spiro atoms. The predicted molar refractivity (Wildman–Crippen MR) is 85.3 cm³/mol. The lowest BCUT2D eigenvalue weighted by atomic mass is 10.0. The number of nitrogens with one attached hydrogen (secondary N) is 1. The average molecular weight is 332 g/mol. The van der Waals surface area contributed by atoms with Crippen LogP contribution in [0.25, 0.3) is 0 Å². The smallest absolute Gasteiger partial charge is 0.251 e. The van der Waals surface area contributed by atoms with Gasteiger partial charge in [0, 0.05) is 24.4 Å². The van der Waals surface area contributed by atoms with Crippen molar-refractivity contribution in [3.05, 3.63) is 69.9 Å². The second-order valence-corrected chi connectivity index (χ2v) is 5.24. The van der Waals surface area contributed by atoms with Gasteiger partial charge in [-0.25, -0.2) is 4.39 Å². The number of rotatable bonds is 6. The number of Topliss-reactive ketones (excluding diaryl/α,β-unsaturated/α-hetero) is 1. The molecule has 2 rings (SSSR count). The third kappa shape index (κ3) is 3.94. The normalized spacial score (nSPS) is 11.8. The molecule has 0 radical (unpaired) electrons. The number of aliphatic hydroxyl groups is 1. The number of aliphatic hydroxyl groups excluding tert-OH is 1. The fraction of sp³-hybridized carbons (Fsp3) is 0.235. The van der Waals surface area contributed by atoms with Crippen molar-refractivity contribution in [3.8, 4) is 0 Å². The number of hydrogen-bond donors (Lipinski definition) is 2. The van der Waals surface area contributed by atoms with Crippen LogP contribution in [0.5, 0.6) is 0 Å². The van der Waals surface area contributed by atoms with E-state index in [9.17, 15) is 18.8 Å². The van der Waals surface area contributed by atoms with E-state index in [1.165, 1.54) is 24.4 Å². The quantitative estimate of drug-likeness (QED) is 0.606. The van der Waals surface area contributed by atoms with Crippen LogP contribution >= 0.6 is 0 Å². The molecule has 0 fully saturated rings. The highest BCUT2D eigenvalue weighted by atomic mass is 19.1. The van der Waals surface area contributed by atoms with E-state index in [-0.39, 0.29) is 18.7 Å². The summed E-state index contributed by atoms with van der Waals surface area (Å²) in [5, 5.41) is 11.2. The van der Waals surface area contributed by atoms with Gasteiger partial charge >= 0.3 is 0 Å². The highest BCUT2D eigenvalue weighted by Gasteiger charge is 2.30. The molecule has 7 heteroatoms. The van der Waals surface area contributed by atoms with Gasteiger partial charge in [0.05, 0.1) is 6.61 Å². The Bertz CT molecular complexity index is 799. The minimum atomic E-state index is -1.44. The Morgan fingerprint density at radius 1 is 1.21 bits per heavy atom. The summed E-state index contributed by atoms with van der Waals surface area (Å²) < 4.78 is 14.1. The Morgan fingerprint density at radius 3 is 2.50 bits per heavy atom. The second kappa shape index (κ2) is 7.65. The zero-order valence-electron chi connectivity index (χ0n) is 13.0. The van der Waals surface area contributed by atoms with Gasteiger partial charge in [0.1, 0.15) is 5.82 Å². The van der Waals surface area contributed by atoms with Crippen molar-refractivity contribution in [1.82, 2.24) is 9.88 Å². The minimum absolute atomic E-state index is 0.0490. The Kier molecular flexibility index (Phi) is 5.59. The molecule has 24 heavy (non-hydrogen) atoms. The first-order valence-corrected chi connectivity index (χ1v) is 7.31. The molecule has 1 unspecified atom stereocenters. The van der Waals surface area contributed by atoms with Gasteiger partial charge < -0.3 is 10.4 Å². The molecule has 2 aromatic rings. The van der Waals surface area contributed by atoms with Gasteiger partial charge in [-0.05, 0) is 36.8 Å². The summed E-state index contributed by atoms with van der Waals surface area (Å²) in [4.78, 5) is 37.2. The lowest BCUT2D eigenvalue weighted by Gasteiger charge is -2.18. The summed E-state index contributed by atoms with van der Waals surface area (Å²) in [7, 11) is 0. The molecule has 1 atom stereocenters. The van der Waals surface area contributed by atoms with Gasteiger partial charge in [0.25, 0.3) is 11.5 Å². The topological polar surface area (TPSA) is 88.4 Å². The molecule has 0 aliphatic rings. The van der Waals surface area contributed by atoms with Crippen LogP contribution in [0.1, 0.15) is 22.0 Å². The summed E-state index contributed by atoms with van der Waals surface area (Å²) in [5.74, 6) is -1.87. The molecular formula is C17H17FN2O4. The van der Waals surface area contributed by atoms with Crippen molar-refractivity contribution in [3.63, 3.8) is 0 Å². The van der Waals surface area contributed by atoms with Crippen LogP contribution < -0.4 is 10.9 Å². The minimum Gasteiger partial charge on any atom is -0.395 e. The second-order valence-electron chi connectivity index (χ2n) is 5.24. The lowest BCUT2D eigenvalue weighted by molar-refractivity contribution is -0.123. The van der Waals surface area contributed by atoms with Gasteiger partial charge in [-0.2, -0.15) is 0 Å². The Balaban J connectivity index is 2.48. The van der Waals surface area contributed by atoms with Crippen molar-refractivity contribution >= 4 is 11.7 Å². The first kappa shape index (κ1) is 17.6. The Labute approximate surface area is 137 Å². The number of aryl methyl sites for hydroxylation is 1. The van der Waals surface area contributed by atoms with Crippen LogP contribution in [0.2, 0.25) is 0 Å². The summed E-state index contributed by atoms with van der Waals surface area (Å²) in [6, 6.07) is 6.12. The van der Waals surface area contributed by atoms with Gasteiger partial charge in [-0.15, -0.1) is 0 Å². The van der Waals surface area contributed by atoms with E-state index < -0.39 is 29.1 Å². The van der Waals surface area contributed by atoms with E-state index >= 15 is 0 Å². The summed E-state index contributed by atoms with van der Waals surface area (Å²) in [6.45, 7) is 1.37. The number of pyridine rings is 1. The SMILES string of the molecule is Cc1ccc(=O)n(C(C(=O)NCCO)C(=O)c2ccc(F)cc2)c1. The number of amides is 1. The van der Waals surface area contributed by atoms with Crippen molar-refractivity contribution in [1.29, 1.82) is 0 Å². The number of carbonyl (C=O) groups excluding carboxylic acids is 2. The molecule has 2 N–H and O–H groups in total. The van der Waals surface area contributed by atoms with E-state index in [0.717, 1.165) is 16.7 Å². The van der Waals surface area contributed by atoms with Crippen molar-refractivity contribution in [2.45, 2.75) is 13.0 Å². The third-order valence-electron chi connectivity index (χ3n) is 3.40. The first-order chi connectivity index (χ1) is 11.4. The van der Waals surface area contributed by atoms with Gasteiger partial charge in [0.15, 0.2) is 11.8 Å². The van der Waals surface area contributed by atoms with E-state index in [4.69, 9.17) is 5.11 Å². The maximum Gasteiger partial charge on any atom is 0.251 e. The third-order valence-corrected chi connectivity index (χ3v) is 3.40. The van der Waals surface area contributed by atoms with Crippen LogP contribution in [0, 0.1) is 12.7 Å². The van der Waals surface area contributed by atoms with Crippen molar-refractivity contribution < 1.29 is 19.1 Å². The molecule has 126 valence electrons.